The summed E-state index contributed by atoms with van der Waals surface area (Å²) in [6.07, 6.45) is 1.05. The van der Waals surface area contributed by atoms with E-state index in [1.54, 1.807) is 24.3 Å². The third-order valence-electron chi connectivity index (χ3n) is 3.60. The highest BCUT2D eigenvalue weighted by Gasteiger charge is 2.12. The number of sulfonamides is 1. The van der Waals surface area contributed by atoms with Crippen molar-refractivity contribution >= 4 is 39.1 Å². The number of hydrogen-bond donors (Lipinski definition) is 3. The van der Waals surface area contributed by atoms with E-state index < -0.39 is 21.7 Å². The van der Waals surface area contributed by atoms with E-state index in [0.29, 0.717) is 11.3 Å². The molecule has 2 rings (SSSR count). The van der Waals surface area contributed by atoms with Crippen LogP contribution in [0.3, 0.4) is 0 Å². The van der Waals surface area contributed by atoms with Gasteiger partial charge in [0.05, 0.1) is 22.5 Å². The van der Waals surface area contributed by atoms with Crippen LogP contribution in [0.5, 0.6) is 0 Å². The molecule has 0 bridgehead atoms. The van der Waals surface area contributed by atoms with Crippen molar-refractivity contribution in [3.63, 3.8) is 0 Å². The Morgan fingerprint density at radius 2 is 1.82 bits per heavy atom. The van der Waals surface area contributed by atoms with Crippen molar-refractivity contribution in [2.45, 2.75) is 13.0 Å². The Kier molecular flexibility index (Phi) is 7.36. The largest absolute Gasteiger partial charge is 0.352 e. The van der Waals surface area contributed by atoms with E-state index in [2.05, 4.69) is 15.4 Å². The number of amides is 2. The minimum Gasteiger partial charge on any atom is -0.352 e. The average molecular weight is 428 g/mol. The standard InChI is InChI=1S/C18H19ClFN3O4S/c1-28(26,27)23-16-5-3-2-4-12(16)11-22-17(24)8-9-21-18(25)14-7-6-13(20)10-15(14)19/h2-7,10,23H,8-9,11H2,1H3,(H,21,25)(H,22,24). The van der Waals surface area contributed by atoms with Gasteiger partial charge in [-0.25, -0.2) is 12.8 Å². The molecule has 0 heterocycles. The second-order valence-corrected chi connectivity index (χ2v) is 8.09. The van der Waals surface area contributed by atoms with E-state index in [4.69, 9.17) is 11.6 Å². The van der Waals surface area contributed by atoms with E-state index >= 15 is 0 Å². The molecular weight excluding hydrogens is 409 g/mol. The maximum absolute atomic E-state index is 13.0. The second-order valence-electron chi connectivity index (χ2n) is 5.94. The third-order valence-corrected chi connectivity index (χ3v) is 4.51. The third kappa shape index (κ3) is 6.82. The summed E-state index contributed by atoms with van der Waals surface area (Å²) in [7, 11) is -3.44. The molecule has 0 aromatic heterocycles. The predicted octanol–water partition coefficient (Wildman–Crippen LogP) is 2.29. The Labute approximate surface area is 167 Å². The number of benzene rings is 2. The molecule has 2 aromatic rings. The van der Waals surface area contributed by atoms with Crippen molar-refractivity contribution in [2.24, 2.45) is 0 Å². The number of halogens is 2. The van der Waals surface area contributed by atoms with E-state index in [-0.39, 0.29) is 36.0 Å². The van der Waals surface area contributed by atoms with Gasteiger partial charge in [-0.3, -0.25) is 14.3 Å². The Hall–Kier alpha value is -2.65. The molecule has 0 fully saturated rings. The number of carbonyl (C=O) groups excluding carboxylic acids is 2. The van der Waals surface area contributed by atoms with Gasteiger partial charge < -0.3 is 10.6 Å². The lowest BCUT2D eigenvalue weighted by Gasteiger charge is -2.12. The first-order valence-corrected chi connectivity index (χ1v) is 10.5. The van der Waals surface area contributed by atoms with Gasteiger partial charge >= 0.3 is 0 Å². The van der Waals surface area contributed by atoms with E-state index in [1.165, 1.54) is 6.07 Å². The molecule has 10 heteroatoms. The Morgan fingerprint density at radius 1 is 1.11 bits per heavy atom. The average Bonchev–Trinajstić information content (AvgIpc) is 2.59. The lowest BCUT2D eigenvalue weighted by atomic mass is 10.2. The molecule has 150 valence electrons. The van der Waals surface area contributed by atoms with Crippen molar-refractivity contribution in [1.29, 1.82) is 0 Å². The monoisotopic (exact) mass is 427 g/mol. The van der Waals surface area contributed by atoms with Crippen LogP contribution < -0.4 is 15.4 Å². The second kappa shape index (κ2) is 9.52. The van der Waals surface area contributed by atoms with Crippen LogP contribution in [0.15, 0.2) is 42.5 Å². The topological polar surface area (TPSA) is 104 Å². The highest BCUT2D eigenvalue weighted by atomic mass is 35.5. The molecule has 7 nitrogen and oxygen atoms in total. The molecular formula is C18H19ClFN3O4S. The van der Waals surface area contributed by atoms with Crippen LogP contribution in [0.25, 0.3) is 0 Å². The molecule has 2 aromatic carbocycles. The molecule has 0 spiro atoms. The smallest absolute Gasteiger partial charge is 0.252 e. The molecule has 2 amide bonds. The molecule has 0 atom stereocenters. The molecule has 3 N–H and O–H groups in total. The minimum absolute atomic E-state index is 0.00618. The van der Waals surface area contributed by atoms with Crippen LogP contribution in [0, 0.1) is 5.82 Å². The molecule has 0 saturated carbocycles. The summed E-state index contributed by atoms with van der Waals surface area (Å²) >= 11 is 5.82. The fourth-order valence-electron chi connectivity index (χ4n) is 2.31. The van der Waals surface area contributed by atoms with Gasteiger partial charge in [0, 0.05) is 19.5 Å². The summed E-state index contributed by atoms with van der Waals surface area (Å²) in [5, 5.41) is 5.17. The van der Waals surface area contributed by atoms with Gasteiger partial charge in [0.15, 0.2) is 0 Å². The maximum Gasteiger partial charge on any atom is 0.252 e. The first kappa shape index (κ1) is 21.6. The Balaban J connectivity index is 1.83. The minimum atomic E-state index is -3.44. The SMILES string of the molecule is CS(=O)(=O)Nc1ccccc1CNC(=O)CCNC(=O)c1ccc(F)cc1Cl. The van der Waals surface area contributed by atoms with Crippen LogP contribution in [0.4, 0.5) is 10.1 Å². The van der Waals surface area contributed by atoms with E-state index in [1.807, 2.05) is 0 Å². The number of carbonyl (C=O) groups is 2. The highest BCUT2D eigenvalue weighted by molar-refractivity contribution is 7.92. The maximum atomic E-state index is 13.0. The number of rotatable bonds is 8. The zero-order valence-electron chi connectivity index (χ0n) is 15.0. The summed E-state index contributed by atoms with van der Waals surface area (Å²) in [6.45, 7) is 0.177. The fourth-order valence-corrected chi connectivity index (χ4v) is 3.17. The van der Waals surface area contributed by atoms with Crippen molar-refractivity contribution in [2.75, 3.05) is 17.5 Å². The molecule has 0 aliphatic heterocycles. The van der Waals surface area contributed by atoms with E-state index in [9.17, 15) is 22.4 Å². The van der Waals surface area contributed by atoms with Gasteiger partial charge in [0.2, 0.25) is 15.9 Å². The van der Waals surface area contributed by atoms with Gasteiger partial charge in [0.1, 0.15) is 5.82 Å². The van der Waals surface area contributed by atoms with Crippen LogP contribution in [0.1, 0.15) is 22.3 Å². The zero-order chi connectivity index (χ0) is 20.7. The van der Waals surface area contributed by atoms with Gasteiger partial charge in [-0.2, -0.15) is 0 Å². The summed E-state index contributed by atoms with van der Waals surface area (Å²) in [4.78, 5) is 24.0. The Morgan fingerprint density at radius 3 is 2.50 bits per heavy atom. The summed E-state index contributed by atoms with van der Waals surface area (Å²) in [5.41, 5.74) is 1.09. The van der Waals surface area contributed by atoms with Crippen molar-refractivity contribution in [3.05, 3.63) is 64.4 Å². The normalized spacial score (nSPS) is 11.0. The van der Waals surface area contributed by atoms with Crippen LogP contribution in [-0.4, -0.2) is 33.0 Å². The van der Waals surface area contributed by atoms with Crippen molar-refractivity contribution < 1.29 is 22.4 Å². The van der Waals surface area contributed by atoms with E-state index in [0.717, 1.165) is 18.4 Å². The highest BCUT2D eigenvalue weighted by Crippen LogP contribution is 2.17. The molecule has 0 unspecified atom stereocenters. The zero-order valence-corrected chi connectivity index (χ0v) is 16.5. The van der Waals surface area contributed by atoms with Gasteiger partial charge in [-0.1, -0.05) is 29.8 Å². The van der Waals surface area contributed by atoms with Crippen LogP contribution in [-0.2, 0) is 21.4 Å². The lowest BCUT2D eigenvalue weighted by molar-refractivity contribution is -0.121. The first-order chi connectivity index (χ1) is 13.2. The van der Waals surface area contributed by atoms with Crippen LogP contribution >= 0.6 is 11.6 Å². The summed E-state index contributed by atoms with van der Waals surface area (Å²) in [5.74, 6) is -1.40. The lowest BCUT2D eigenvalue weighted by Crippen LogP contribution is -2.30. The fraction of sp³-hybridized carbons (Fsp3) is 0.222. The predicted molar refractivity (Wildman–Crippen MR) is 105 cm³/mol. The van der Waals surface area contributed by atoms with Gasteiger partial charge in [-0.15, -0.1) is 0 Å². The molecule has 0 aliphatic carbocycles. The first-order valence-electron chi connectivity index (χ1n) is 8.21. The number of para-hydroxylation sites is 1. The summed E-state index contributed by atoms with van der Waals surface area (Å²) < 4.78 is 38.2. The quantitative estimate of drug-likeness (QED) is 0.601. The number of hydrogen-bond acceptors (Lipinski definition) is 4. The van der Waals surface area contributed by atoms with Crippen molar-refractivity contribution in [3.8, 4) is 0 Å². The molecule has 0 saturated heterocycles. The van der Waals surface area contributed by atoms with Crippen molar-refractivity contribution in [1.82, 2.24) is 10.6 Å². The number of nitrogens with one attached hydrogen (secondary N) is 3. The molecule has 0 aliphatic rings. The van der Waals surface area contributed by atoms with Crippen LogP contribution in [0.2, 0.25) is 5.02 Å². The molecule has 28 heavy (non-hydrogen) atoms. The Bertz CT molecular complexity index is 983. The van der Waals surface area contributed by atoms with Gasteiger partial charge in [-0.05, 0) is 29.8 Å². The number of anilines is 1. The summed E-state index contributed by atoms with van der Waals surface area (Å²) in [6, 6.07) is 10.1. The van der Waals surface area contributed by atoms with Gasteiger partial charge in [0.25, 0.3) is 5.91 Å². The molecule has 0 radical (unpaired) electrons.